The van der Waals surface area contributed by atoms with E-state index in [1.807, 2.05) is 0 Å². The highest BCUT2D eigenvalue weighted by atomic mass is 32.2. The number of nitrogens with zero attached hydrogens (tertiary/aromatic N) is 1. The van der Waals surface area contributed by atoms with Gasteiger partial charge in [-0.2, -0.15) is 0 Å². The van der Waals surface area contributed by atoms with Gasteiger partial charge in [-0.25, -0.2) is 9.18 Å². The van der Waals surface area contributed by atoms with Gasteiger partial charge in [-0.1, -0.05) is 6.07 Å². The molecule has 1 saturated heterocycles. The number of hydrogen-bond acceptors (Lipinski definition) is 7. The maximum absolute atomic E-state index is 12.9. The fraction of sp³-hybridized carbons (Fsp3) is 0.190. The van der Waals surface area contributed by atoms with E-state index >= 15 is 0 Å². The molecule has 0 unspecified atom stereocenters. The van der Waals surface area contributed by atoms with Crippen LogP contribution in [0.15, 0.2) is 47.4 Å². The Kier molecular flexibility index (Phi) is 7.14. The zero-order valence-electron chi connectivity index (χ0n) is 16.4. The molecule has 2 amide bonds. The Morgan fingerprint density at radius 1 is 1.13 bits per heavy atom. The van der Waals surface area contributed by atoms with Crippen LogP contribution in [-0.4, -0.2) is 54.0 Å². The molecule has 0 bridgehead atoms. The molecule has 0 saturated carbocycles. The van der Waals surface area contributed by atoms with Crippen molar-refractivity contribution in [3.63, 3.8) is 0 Å². The van der Waals surface area contributed by atoms with Gasteiger partial charge in [-0.05, 0) is 59.8 Å². The molecule has 0 atom stereocenters. The summed E-state index contributed by atoms with van der Waals surface area (Å²) in [6, 6.07) is 10.1. The Bertz CT molecular complexity index is 1020. The smallest absolute Gasteiger partial charge is 0.341 e. The van der Waals surface area contributed by atoms with Crippen LogP contribution in [0.2, 0.25) is 0 Å². The summed E-state index contributed by atoms with van der Waals surface area (Å²) in [6.07, 6.45) is 1.54. The number of rotatable bonds is 9. The second-order valence-corrected chi connectivity index (χ2v) is 7.22. The molecule has 31 heavy (non-hydrogen) atoms. The summed E-state index contributed by atoms with van der Waals surface area (Å²) in [7, 11) is 1.40. The largest absolute Gasteiger partial charge is 0.493 e. The summed E-state index contributed by atoms with van der Waals surface area (Å²) < 4.78 is 28.7. The molecule has 2 aromatic carbocycles. The van der Waals surface area contributed by atoms with Crippen molar-refractivity contribution in [2.24, 2.45) is 0 Å². The van der Waals surface area contributed by atoms with Crippen molar-refractivity contribution < 1.29 is 38.1 Å². The average molecular weight is 447 g/mol. The number of hydrogen-bond donors (Lipinski definition) is 1. The summed E-state index contributed by atoms with van der Waals surface area (Å²) in [6.45, 7) is -0.403. The van der Waals surface area contributed by atoms with Crippen molar-refractivity contribution in [2.45, 2.75) is 0 Å². The molecule has 1 N–H and O–H groups in total. The summed E-state index contributed by atoms with van der Waals surface area (Å²) >= 11 is 0.800. The molecule has 2 aromatic rings. The van der Waals surface area contributed by atoms with E-state index in [0.29, 0.717) is 17.1 Å². The van der Waals surface area contributed by atoms with Gasteiger partial charge in [0.1, 0.15) is 18.2 Å². The van der Waals surface area contributed by atoms with Crippen molar-refractivity contribution in [1.29, 1.82) is 0 Å². The number of amides is 2. The van der Waals surface area contributed by atoms with E-state index in [0.717, 1.165) is 16.7 Å². The van der Waals surface area contributed by atoms with Crippen LogP contribution in [0.5, 0.6) is 17.2 Å². The third-order valence-corrected chi connectivity index (χ3v) is 5.01. The zero-order valence-corrected chi connectivity index (χ0v) is 17.2. The highest BCUT2D eigenvalue weighted by molar-refractivity contribution is 8.18. The van der Waals surface area contributed by atoms with Gasteiger partial charge >= 0.3 is 5.97 Å². The molecule has 0 spiro atoms. The Labute approximate surface area is 181 Å². The molecule has 10 heteroatoms. The molecular formula is C21H18FNO7S. The second kappa shape index (κ2) is 9.98. The first-order valence-electron chi connectivity index (χ1n) is 9.03. The quantitative estimate of drug-likeness (QED) is 0.584. The van der Waals surface area contributed by atoms with Crippen LogP contribution in [0.4, 0.5) is 9.18 Å². The Hall–Kier alpha value is -3.53. The van der Waals surface area contributed by atoms with Gasteiger partial charge in [-0.15, -0.1) is 0 Å². The van der Waals surface area contributed by atoms with Gasteiger partial charge in [-0.3, -0.25) is 14.5 Å². The molecule has 0 radical (unpaired) electrons. The molecule has 1 aliphatic heterocycles. The number of carboxylic acids is 1. The standard InChI is InChI=1S/C21H18FNO7S/c1-28-17-10-13(2-7-16(17)30-12-19(24)25)11-18-20(26)23(21(27)31-18)8-9-29-15-5-3-14(22)4-6-15/h2-7,10-11H,8-9,12H2,1H3,(H,24,25)/b18-11-. The lowest BCUT2D eigenvalue weighted by molar-refractivity contribution is -0.139. The van der Waals surface area contributed by atoms with Crippen molar-refractivity contribution in [3.05, 3.63) is 58.8 Å². The van der Waals surface area contributed by atoms with Gasteiger partial charge in [0.2, 0.25) is 0 Å². The molecule has 1 aliphatic rings. The van der Waals surface area contributed by atoms with E-state index in [4.69, 9.17) is 19.3 Å². The molecule has 0 aromatic heterocycles. The summed E-state index contributed by atoms with van der Waals surface area (Å²) in [4.78, 5) is 36.8. The fourth-order valence-corrected chi connectivity index (χ4v) is 3.53. The van der Waals surface area contributed by atoms with Crippen LogP contribution in [0.3, 0.4) is 0 Å². The van der Waals surface area contributed by atoms with Crippen LogP contribution in [0, 0.1) is 5.82 Å². The molecule has 8 nitrogen and oxygen atoms in total. The van der Waals surface area contributed by atoms with Crippen LogP contribution in [0.1, 0.15) is 5.56 Å². The number of imide groups is 1. The molecule has 1 fully saturated rings. The number of methoxy groups -OCH3 is 1. The lowest BCUT2D eigenvalue weighted by Gasteiger charge is -2.13. The minimum atomic E-state index is -1.12. The van der Waals surface area contributed by atoms with Gasteiger partial charge in [0.05, 0.1) is 18.6 Å². The summed E-state index contributed by atoms with van der Waals surface area (Å²) in [5.41, 5.74) is 0.576. The number of carbonyl (C=O) groups excluding carboxylic acids is 2. The number of carbonyl (C=O) groups is 3. The minimum absolute atomic E-state index is 0.0463. The molecular weight excluding hydrogens is 429 g/mol. The Balaban J connectivity index is 1.65. The van der Waals surface area contributed by atoms with Gasteiger partial charge < -0.3 is 19.3 Å². The van der Waals surface area contributed by atoms with Crippen LogP contribution in [0.25, 0.3) is 6.08 Å². The molecule has 162 valence electrons. The van der Waals surface area contributed by atoms with Crippen molar-refractivity contribution in [2.75, 3.05) is 26.9 Å². The first kappa shape index (κ1) is 22.2. The van der Waals surface area contributed by atoms with Gasteiger partial charge in [0.25, 0.3) is 11.1 Å². The third kappa shape index (κ3) is 5.76. The summed E-state index contributed by atoms with van der Waals surface area (Å²) in [5.74, 6) is -0.996. The van der Waals surface area contributed by atoms with Gasteiger partial charge in [0.15, 0.2) is 18.1 Å². The van der Waals surface area contributed by atoms with Gasteiger partial charge in [0, 0.05) is 0 Å². The van der Waals surface area contributed by atoms with E-state index in [9.17, 15) is 18.8 Å². The SMILES string of the molecule is COc1cc(/C=C2\SC(=O)N(CCOc3ccc(F)cc3)C2=O)ccc1OCC(=O)O. The fourth-order valence-electron chi connectivity index (χ4n) is 2.66. The zero-order chi connectivity index (χ0) is 22.4. The lowest BCUT2D eigenvalue weighted by atomic mass is 10.2. The highest BCUT2D eigenvalue weighted by Gasteiger charge is 2.34. The maximum Gasteiger partial charge on any atom is 0.341 e. The Morgan fingerprint density at radius 2 is 1.87 bits per heavy atom. The third-order valence-electron chi connectivity index (χ3n) is 4.11. The van der Waals surface area contributed by atoms with Crippen molar-refractivity contribution >= 4 is 35.0 Å². The number of ether oxygens (including phenoxy) is 3. The van der Waals surface area contributed by atoms with Crippen LogP contribution < -0.4 is 14.2 Å². The number of thioether (sulfide) groups is 1. The predicted octanol–water partition coefficient (Wildman–Crippen LogP) is 3.41. The number of aliphatic carboxylic acids is 1. The maximum atomic E-state index is 12.9. The average Bonchev–Trinajstić information content (AvgIpc) is 3.01. The van der Waals surface area contributed by atoms with Crippen molar-refractivity contribution in [1.82, 2.24) is 4.90 Å². The van der Waals surface area contributed by atoms with Crippen molar-refractivity contribution in [3.8, 4) is 17.2 Å². The van der Waals surface area contributed by atoms with Crippen LogP contribution in [-0.2, 0) is 9.59 Å². The van der Waals surface area contributed by atoms with E-state index in [2.05, 4.69) is 0 Å². The Morgan fingerprint density at radius 3 is 2.55 bits per heavy atom. The lowest BCUT2D eigenvalue weighted by Crippen LogP contribution is -2.32. The minimum Gasteiger partial charge on any atom is -0.493 e. The number of carboxylic acid groups (broad SMARTS) is 1. The highest BCUT2D eigenvalue weighted by Crippen LogP contribution is 2.34. The van der Waals surface area contributed by atoms with E-state index in [1.54, 1.807) is 12.1 Å². The van der Waals surface area contributed by atoms with E-state index < -0.39 is 23.7 Å². The summed E-state index contributed by atoms with van der Waals surface area (Å²) in [5, 5.41) is 8.30. The monoisotopic (exact) mass is 447 g/mol. The van der Waals surface area contributed by atoms with E-state index in [1.165, 1.54) is 43.5 Å². The van der Waals surface area contributed by atoms with E-state index in [-0.39, 0.29) is 29.6 Å². The molecule has 3 rings (SSSR count). The molecule has 1 heterocycles. The predicted molar refractivity (Wildman–Crippen MR) is 111 cm³/mol. The number of benzene rings is 2. The first-order valence-corrected chi connectivity index (χ1v) is 9.85. The first-order chi connectivity index (χ1) is 14.9. The van der Waals surface area contributed by atoms with Crippen LogP contribution >= 0.6 is 11.8 Å². The molecule has 0 aliphatic carbocycles. The number of halogens is 1. The topological polar surface area (TPSA) is 102 Å². The normalized spacial score (nSPS) is 14.8. The second-order valence-electron chi connectivity index (χ2n) is 6.23.